The molecule has 0 spiro atoms. The van der Waals surface area contributed by atoms with Crippen LogP contribution in [0.25, 0.3) is 0 Å². The van der Waals surface area contributed by atoms with Gasteiger partial charge in [-0.25, -0.2) is 0 Å². The van der Waals surface area contributed by atoms with Crippen molar-refractivity contribution >= 4 is 22.8 Å². The van der Waals surface area contributed by atoms with Crippen molar-refractivity contribution in [3.63, 3.8) is 0 Å². The Balaban J connectivity index is 2.65. The molecule has 1 unspecified atom stereocenters. The first kappa shape index (κ1) is 8.53. The minimum Gasteiger partial charge on any atom is -0.332 e. The van der Waals surface area contributed by atoms with E-state index in [1.165, 1.54) is 11.8 Å². The zero-order valence-electron chi connectivity index (χ0n) is 6.34. The van der Waals surface area contributed by atoms with Crippen LogP contribution in [0.15, 0.2) is 0 Å². The maximum atomic E-state index is 10.9. The largest absolute Gasteiger partial charge is 0.332 e. The molecule has 1 saturated heterocycles. The number of amides is 1. The number of rotatable bonds is 1. The first-order valence-electron chi connectivity index (χ1n) is 3.59. The normalized spacial score (nSPS) is 23.8. The monoisotopic (exact) mass is 175 g/mol. The fourth-order valence-corrected chi connectivity index (χ4v) is 1.61. The van der Waals surface area contributed by atoms with Crippen LogP contribution in [-0.2, 0) is 9.59 Å². The molecule has 0 saturated carbocycles. The molecule has 0 aliphatic carbocycles. The lowest BCUT2D eigenvalue weighted by atomic mass is 10.2. The van der Waals surface area contributed by atoms with Gasteiger partial charge in [-0.15, -0.1) is 0 Å². The van der Waals surface area contributed by atoms with E-state index in [4.69, 9.17) is 11.6 Å². The third-order valence-corrected chi connectivity index (χ3v) is 2.17. The van der Waals surface area contributed by atoms with Crippen LogP contribution in [0.3, 0.4) is 0 Å². The topological polar surface area (TPSA) is 37.4 Å². The molecule has 3 nitrogen and oxygen atoms in total. The highest BCUT2D eigenvalue weighted by molar-refractivity contribution is 6.64. The third-order valence-electron chi connectivity index (χ3n) is 1.92. The van der Waals surface area contributed by atoms with E-state index in [0.717, 1.165) is 6.42 Å². The molecule has 1 amide bonds. The predicted molar refractivity (Wildman–Crippen MR) is 41.3 cm³/mol. The van der Waals surface area contributed by atoms with Gasteiger partial charge in [0.25, 0.3) is 0 Å². The summed E-state index contributed by atoms with van der Waals surface area (Å²) in [6.07, 6.45) is 1.59. The Morgan fingerprint density at radius 1 is 1.55 bits per heavy atom. The number of carbonyl (C=O) groups is 2. The van der Waals surface area contributed by atoms with Crippen LogP contribution in [-0.4, -0.2) is 28.6 Å². The molecule has 0 bridgehead atoms. The van der Waals surface area contributed by atoms with E-state index < -0.39 is 5.24 Å². The van der Waals surface area contributed by atoms with Gasteiger partial charge in [0.15, 0.2) is 0 Å². The fourth-order valence-electron chi connectivity index (χ4n) is 1.38. The molecule has 1 aliphatic heterocycles. The highest BCUT2D eigenvalue weighted by Crippen LogP contribution is 2.18. The van der Waals surface area contributed by atoms with E-state index in [1.807, 2.05) is 0 Å². The number of nitrogens with zero attached hydrogens (tertiary/aromatic N) is 1. The number of hydrogen-bond acceptors (Lipinski definition) is 2. The Labute approximate surface area is 70.3 Å². The first-order valence-corrected chi connectivity index (χ1v) is 3.97. The quantitative estimate of drug-likeness (QED) is 0.552. The second-order valence-corrected chi connectivity index (χ2v) is 3.05. The zero-order chi connectivity index (χ0) is 8.43. The summed E-state index contributed by atoms with van der Waals surface area (Å²) < 4.78 is 0. The van der Waals surface area contributed by atoms with E-state index in [2.05, 4.69) is 0 Å². The predicted octanol–water partition coefficient (Wildman–Crippen LogP) is 0.763. The fraction of sp³-hybridized carbons (Fsp3) is 0.714. The Bertz CT molecular complexity index is 173. The van der Waals surface area contributed by atoms with Crippen molar-refractivity contribution in [3.8, 4) is 0 Å². The van der Waals surface area contributed by atoms with Crippen molar-refractivity contribution in [2.24, 2.45) is 0 Å². The Hall–Kier alpha value is -0.570. The molecule has 0 aromatic heterocycles. The first-order chi connectivity index (χ1) is 5.13. The molecule has 0 N–H and O–H groups in total. The van der Waals surface area contributed by atoms with Crippen molar-refractivity contribution in [2.45, 2.75) is 25.8 Å². The SMILES string of the molecule is CC(=O)N1CCCC1C(=O)Cl. The van der Waals surface area contributed by atoms with Crippen molar-refractivity contribution in [1.29, 1.82) is 0 Å². The van der Waals surface area contributed by atoms with Gasteiger partial charge in [0.2, 0.25) is 11.1 Å². The van der Waals surface area contributed by atoms with E-state index in [9.17, 15) is 9.59 Å². The summed E-state index contributed by atoms with van der Waals surface area (Å²) in [6, 6.07) is -0.367. The maximum absolute atomic E-state index is 10.9. The zero-order valence-corrected chi connectivity index (χ0v) is 7.10. The molecule has 1 heterocycles. The van der Waals surface area contributed by atoms with E-state index in [1.54, 1.807) is 0 Å². The molecule has 1 atom stereocenters. The van der Waals surface area contributed by atoms with Gasteiger partial charge in [-0.05, 0) is 24.4 Å². The standard InChI is InChI=1S/C7H10ClNO2/c1-5(10)9-4-2-3-6(9)7(8)11/h6H,2-4H2,1H3. The Morgan fingerprint density at radius 2 is 2.18 bits per heavy atom. The van der Waals surface area contributed by atoms with Crippen LogP contribution in [0.1, 0.15) is 19.8 Å². The summed E-state index contributed by atoms with van der Waals surface area (Å²) in [5.41, 5.74) is 0. The molecular formula is C7H10ClNO2. The van der Waals surface area contributed by atoms with Crippen LogP contribution in [0, 0.1) is 0 Å². The highest BCUT2D eigenvalue weighted by atomic mass is 35.5. The third kappa shape index (κ3) is 1.71. The minimum absolute atomic E-state index is 0.0681. The summed E-state index contributed by atoms with van der Waals surface area (Å²) >= 11 is 5.29. The molecule has 0 radical (unpaired) electrons. The lowest BCUT2D eigenvalue weighted by Crippen LogP contribution is -2.37. The summed E-state index contributed by atoms with van der Waals surface area (Å²) in [5, 5.41) is -0.419. The van der Waals surface area contributed by atoms with Crippen LogP contribution in [0.2, 0.25) is 0 Å². The number of likely N-dealkylation sites (tertiary alicyclic amines) is 1. The average molecular weight is 176 g/mol. The van der Waals surface area contributed by atoms with Crippen LogP contribution >= 0.6 is 11.6 Å². The lowest BCUT2D eigenvalue weighted by Gasteiger charge is -2.19. The molecule has 1 aliphatic rings. The minimum atomic E-state index is -0.419. The Morgan fingerprint density at radius 3 is 2.55 bits per heavy atom. The van der Waals surface area contributed by atoms with Crippen molar-refractivity contribution in [3.05, 3.63) is 0 Å². The Kier molecular flexibility index (Phi) is 2.49. The van der Waals surface area contributed by atoms with E-state index in [0.29, 0.717) is 13.0 Å². The van der Waals surface area contributed by atoms with Crippen molar-refractivity contribution < 1.29 is 9.59 Å². The number of halogens is 1. The summed E-state index contributed by atoms with van der Waals surface area (Å²) in [6.45, 7) is 2.12. The number of carbonyl (C=O) groups excluding carboxylic acids is 2. The van der Waals surface area contributed by atoms with Crippen LogP contribution < -0.4 is 0 Å². The molecule has 4 heteroatoms. The van der Waals surface area contributed by atoms with Gasteiger partial charge in [-0.3, -0.25) is 9.59 Å². The van der Waals surface area contributed by atoms with Crippen molar-refractivity contribution in [1.82, 2.24) is 4.90 Å². The van der Waals surface area contributed by atoms with Gasteiger partial charge in [0.1, 0.15) is 6.04 Å². The number of hydrogen-bond donors (Lipinski definition) is 0. The summed E-state index contributed by atoms with van der Waals surface area (Å²) in [4.78, 5) is 23.1. The van der Waals surface area contributed by atoms with E-state index in [-0.39, 0.29) is 11.9 Å². The lowest BCUT2D eigenvalue weighted by molar-refractivity contribution is -0.133. The molecule has 1 rings (SSSR count). The summed E-state index contributed by atoms with van der Waals surface area (Å²) in [7, 11) is 0. The molecule has 11 heavy (non-hydrogen) atoms. The molecular weight excluding hydrogens is 166 g/mol. The summed E-state index contributed by atoms with van der Waals surface area (Å²) in [5.74, 6) is -0.0681. The van der Waals surface area contributed by atoms with Crippen LogP contribution in [0.5, 0.6) is 0 Å². The van der Waals surface area contributed by atoms with Crippen LogP contribution in [0.4, 0.5) is 0 Å². The van der Waals surface area contributed by atoms with Gasteiger partial charge < -0.3 is 4.90 Å². The average Bonchev–Trinajstić information content (AvgIpc) is 2.32. The second kappa shape index (κ2) is 3.22. The van der Waals surface area contributed by atoms with Gasteiger partial charge in [0.05, 0.1) is 0 Å². The molecule has 1 fully saturated rings. The van der Waals surface area contributed by atoms with Gasteiger partial charge in [-0.1, -0.05) is 0 Å². The van der Waals surface area contributed by atoms with Gasteiger partial charge in [-0.2, -0.15) is 0 Å². The highest BCUT2D eigenvalue weighted by Gasteiger charge is 2.30. The molecule has 0 aromatic carbocycles. The smallest absolute Gasteiger partial charge is 0.244 e. The second-order valence-electron chi connectivity index (χ2n) is 2.67. The van der Waals surface area contributed by atoms with E-state index >= 15 is 0 Å². The van der Waals surface area contributed by atoms with Gasteiger partial charge >= 0.3 is 0 Å². The molecule has 62 valence electrons. The molecule has 0 aromatic rings. The van der Waals surface area contributed by atoms with Crippen molar-refractivity contribution in [2.75, 3.05) is 6.54 Å². The maximum Gasteiger partial charge on any atom is 0.244 e. The van der Waals surface area contributed by atoms with Gasteiger partial charge in [0, 0.05) is 13.5 Å².